The quantitative estimate of drug-likeness (QED) is 0.669. The first-order valence-corrected chi connectivity index (χ1v) is 6.87. The molecule has 3 amide bonds. The van der Waals surface area contributed by atoms with Gasteiger partial charge in [-0.15, -0.1) is 0 Å². The van der Waals surface area contributed by atoms with Gasteiger partial charge in [-0.3, -0.25) is 14.9 Å². The van der Waals surface area contributed by atoms with Crippen LogP contribution in [0.1, 0.15) is 60.3 Å². The molecule has 3 N–H and O–H groups in total. The van der Waals surface area contributed by atoms with Gasteiger partial charge in [0, 0.05) is 12.0 Å². The third kappa shape index (κ3) is 7.11. The smallest absolute Gasteiger partial charge is 0.321 e. The molecule has 6 heteroatoms. The van der Waals surface area contributed by atoms with E-state index in [0.717, 1.165) is 12.8 Å². The first kappa shape index (κ1) is 18.4. The molecular formula is C14H26N2O4. The first-order valence-electron chi connectivity index (χ1n) is 6.87. The number of carbonyl (C=O) groups excluding carboxylic acids is 2. The number of nitrogens with one attached hydrogen (secondary N) is 2. The Kier molecular flexibility index (Phi) is 6.68. The summed E-state index contributed by atoms with van der Waals surface area (Å²) in [6.07, 6.45) is 1.39. The summed E-state index contributed by atoms with van der Waals surface area (Å²) in [6.45, 7) is 9.19. The van der Waals surface area contributed by atoms with Crippen LogP contribution in [0, 0.1) is 5.41 Å². The lowest BCUT2D eigenvalue weighted by Crippen LogP contribution is -2.51. The van der Waals surface area contributed by atoms with E-state index in [9.17, 15) is 14.4 Å². The maximum atomic E-state index is 11.7. The van der Waals surface area contributed by atoms with Crippen molar-refractivity contribution in [1.29, 1.82) is 0 Å². The Morgan fingerprint density at radius 3 is 1.90 bits per heavy atom. The van der Waals surface area contributed by atoms with Crippen molar-refractivity contribution in [3.8, 4) is 0 Å². The molecule has 0 aliphatic heterocycles. The number of aliphatic carboxylic acids is 1. The number of carboxylic acid groups (broad SMARTS) is 1. The highest BCUT2D eigenvalue weighted by atomic mass is 16.4. The van der Waals surface area contributed by atoms with E-state index in [0.29, 0.717) is 0 Å². The van der Waals surface area contributed by atoms with Gasteiger partial charge in [0.25, 0.3) is 0 Å². The highest BCUT2D eigenvalue weighted by Gasteiger charge is 2.27. The largest absolute Gasteiger partial charge is 0.481 e. The van der Waals surface area contributed by atoms with E-state index >= 15 is 0 Å². The molecule has 0 aliphatic rings. The fourth-order valence-electron chi connectivity index (χ4n) is 1.81. The van der Waals surface area contributed by atoms with E-state index in [1.165, 1.54) is 0 Å². The van der Waals surface area contributed by atoms with E-state index in [1.54, 1.807) is 13.8 Å². The number of carbonyl (C=O) groups is 3. The Balaban J connectivity index is 4.41. The second-order valence-corrected chi connectivity index (χ2v) is 6.18. The second kappa shape index (κ2) is 7.26. The molecule has 0 saturated heterocycles. The van der Waals surface area contributed by atoms with E-state index < -0.39 is 23.3 Å². The van der Waals surface area contributed by atoms with Crippen LogP contribution in [0.25, 0.3) is 0 Å². The normalized spacial score (nSPS) is 11.8. The van der Waals surface area contributed by atoms with Crippen molar-refractivity contribution in [2.45, 2.75) is 65.8 Å². The van der Waals surface area contributed by atoms with Crippen LogP contribution in [0.5, 0.6) is 0 Å². The molecule has 0 fully saturated rings. The van der Waals surface area contributed by atoms with Gasteiger partial charge in [0.15, 0.2) is 0 Å². The maximum absolute atomic E-state index is 11.7. The average molecular weight is 286 g/mol. The SMILES string of the molecule is CCC(C)(CC)NC(=O)NC(=O)CC(C)(C)CC(=O)O. The fourth-order valence-corrected chi connectivity index (χ4v) is 1.81. The van der Waals surface area contributed by atoms with Crippen molar-refractivity contribution in [1.82, 2.24) is 10.6 Å². The van der Waals surface area contributed by atoms with E-state index in [4.69, 9.17) is 5.11 Å². The zero-order valence-corrected chi connectivity index (χ0v) is 13.0. The first-order chi connectivity index (χ1) is 9.03. The van der Waals surface area contributed by atoms with Crippen LogP contribution in [-0.2, 0) is 9.59 Å². The Hall–Kier alpha value is -1.59. The molecule has 0 aromatic rings. The molecule has 0 atom stereocenters. The summed E-state index contributed by atoms with van der Waals surface area (Å²) in [5, 5.41) is 13.8. The van der Waals surface area contributed by atoms with Gasteiger partial charge < -0.3 is 10.4 Å². The minimum atomic E-state index is -0.961. The lowest BCUT2D eigenvalue weighted by Gasteiger charge is -2.28. The van der Waals surface area contributed by atoms with Crippen LogP contribution in [0.4, 0.5) is 4.79 Å². The molecule has 0 unspecified atom stereocenters. The lowest BCUT2D eigenvalue weighted by molar-refractivity contribution is -0.139. The van der Waals surface area contributed by atoms with Gasteiger partial charge in [-0.2, -0.15) is 0 Å². The van der Waals surface area contributed by atoms with Crippen molar-refractivity contribution in [3.63, 3.8) is 0 Å². The highest BCUT2D eigenvalue weighted by Crippen LogP contribution is 2.24. The van der Waals surface area contributed by atoms with Gasteiger partial charge in [0.2, 0.25) is 5.91 Å². The molecule has 116 valence electrons. The Bertz CT molecular complexity index is 373. The molecular weight excluding hydrogens is 260 g/mol. The molecule has 0 spiro atoms. The molecule has 0 aliphatic carbocycles. The van der Waals surface area contributed by atoms with E-state index in [1.807, 2.05) is 20.8 Å². The second-order valence-electron chi connectivity index (χ2n) is 6.18. The third-order valence-electron chi connectivity index (χ3n) is 3.50. The topological polar surface area (TPSA) is 95.5 Å². The average Bonchev–Trinajstić information content (AvgIpc) is 2.25. The number of imide groups is 1. The number of urea groups is 1. The molecule has 0 saturated carbocycles. The van der Waals surface area contributed by atoms with Gasteiger partial charge in [0.1, 0.15) is 0 Å². The summed E-state index contributed by atoms with van der Waals surface area (Å²) in [7, 11) is 0. The molecule has 0 aromatic heterocycles. The van der Waals surface area contributed by atoms with Crippen molar-refractivity contribution in [2.24, 2.45) is 5.41 Å². The summed E-state index contributed by atoms with van der Waals surface area (Å²) < 4.78 is 0. The van der Waals surface area contributed by atoms with Gasteiger partial charge in [-0.25, -0.2) is 4.79 Å². The van der Waals surface area contributed by atoms with Crippen molar-refractivity contribution >= 4 is 17.9 Å². The molecule has 20 heavy (non-hydrogen) atoms. The Labute approximate surface area is 120 Å². The van der Waals surface area contributed by atoms with Gasteiger partial charge in [0.05, 0.1) is 6.42 Å². The zero-order valence-electron chi connectivity index (χ0n) is 13.0. The number of hydrogen-bond acceptors (Lipinski definition) is 3. The predicted octanol–water partition coefficient (Wildman–Crippen LogP) is 2.28. The molecule has 0 heterocycles. The van der Waals surface area contributed by atoms with Crippen LogP contribution in [0.15, 0.2) is 0 Å². The van der Waals surface area contributed by atoms with Gasteiger partial charge >= 0.3 is 12.0 Å². The maximum Gasteiger partial charge on any atom is 0.321 e. The lowest BCUT2D eigenvalue weighted by atomic mass is 9.85. The minimum Gasteiger partial charge on any atom is -0.481 e. The summed E-state index contributed by atoms with van der Waals surface area (Å²) in [6, 6.07) is -0.535. The Morgan fingerprint density at radius 1 is 1.00 bits per heavy atom. The fraction of sp³-hybridized carbons (Fsp3) is 0.786. The van der Waals surface area contributed by atoms with Crippen LogP contribution in [-0.4, -0.2) is 28.6 Å². The molecule has 0 aromatic carbocycles. The summed E-state index contributed by atoms with van der Waals surface area (Å²) >= 11 is 0. The zero-order chi connectivity index (χ0) is 16.0. The van der Waals surface area contributed by atoms with Gasteiger partial charge in [-0.05, 0) is 25.2 Å². The van der Waals surface area contributed by atoms with Crippen molar-refractivity contribution in [3.05, 3.63) is 0 Å². The monoisotopic (exact) mass is 286 g/mol. The predicted molar refractivity (Wildman–Crippen MR) is 76.3 cm³/mol. The summed E-state index contributed by atoms with van der Waals surface area (Å²) in [5.41, 5.74) is -1.03. The highest BCUT2D eigenvalue weighted by molar-refractivity contribution is 5.94. The summed E-state index contributed by atoms with van der Waals surface area (Å²) in [4.78, 5) is 34.2. The van der Waals surface area contributed by atoms with Crippen molar-refractivity contribution < 1.29 is 19.5 Å². The summed E-state index contributed by atoms with van der Waals surface area (Å²) in [5.74, 6) is -1.43. The molecule has 0 radical (unpaired) electrons. The Morgan fingerprint density at radius 2 is 1.50 bits per heavy atom. The van der Waals surface area contributed by atoms with E-state index in [-0.39, 0.29) is 18.4 Å². The van der Waals surface area contributed by atoms with Crippen molar-refractivity contribution in [2.75, 3.05) is 0 Å². The third-order valence-corrected chi connectivity index (χ3v) is 3.50. The number of amides is 3. The van der Waals surface area contributed by atoms with Crippen LogP contribution in [0.3, 0.4) is 0 Å². The van der Waals surface area contributed by atoms with Crippen LogP contribution in [0.2, 0.25) is 0 Å². The standard InChI is InChI=1S/C14H26N2O4/c1-6-14(5,7-2)16-12(20)15-10(17)8-13(3,4)9-11(18)19/h6-9H2,1-5H3,(H,18,19)(H2,15,16,17,20). The van der Waals surface area contributed by atoms with E-state index in [2.05, 4.69) is 10.6 Å². The van der Waals surface area contributed by atoms with Crippen LogP contribution < -0.4 is 10.6 Å². The molecule has 6 nitrogen and oxygen atoms in total. The minimum absolute atomic E-state index is 0.0122. The number of carboxylic acids is 1. The molecule has 0 bridgehead atoms. The number of rotatable bonds is 7. The number of hydrogen-bond donors (Lipinski definition) is 3. The van der Waals surface area contributed by atoms with Crippen LogP contribution >= 0.6 is 0 Å². The van der Waals surface area contributed by atoms with Gasteiger partial charge in [-0.1, -0.05) is 27.7 Å². The molecule has 0 rings (SSSR count).